The molecule has 0 aliphatic heterocycles. The zero-order valence-electron chi connectivity index (χ0n) is 14.5. The molecule has 0 fully saturated rings. The number of hydrogen-bond donors (Lipinski definition) is 0. The van der Waals surface area contributed by atoms with Crippen molar-refractivity contribution in [1.29, 1.82) is 0 Å². The van der Waals surface area contributed by atoms with Gasteiger partial charge in [0.2, 0.25) is 0 Å². The van der Waals surface area contributed by atoms with Crippen molar-refractivity contribution in [3.63, 3.8) is 0 Å². The molecule has 24 heavy (non-hydrogen) atoms. The largest absolute Gasteiger partial charge is 0.496 e. The summed E-state index contributed by atoms with van der Waals surface area (Å²) < 4.78 is 15.5. The molecule has 0 radical (unpaired) electrons. The molecule has 0 unspecified atom stereocenters. The molecule has 0 saturated carbocycles. The van der Waals surface area contributed by atoms with Gasteiger partial charge in [0.1, 0.15) is 22.8 Å². The minimum atomic E-state index is -0.459. The molecule has 0 aliphatic rings. The summed E-state index contributed by atoms with van der Waals surface area (Å²) in [6.07, 6.45) is 0. The third kappa shape index (κ3) is 3.59. The van der Waals surface area contributed by atoms with Crippen LogP contribution in [0.1, 0.15) is 37.8 Å². The van der Waals surface area contributed by atoms with Crippen LogP contribution in [0.15, 0.2) is 28.7 Å². The van der Waals surface area contributed by atoms with Crippen LogP contribution in [-0.2, 0) is 11.3 Å². The van der Waals surface area contributed by atoms with Crippen molar-refractivity contribution in [1.82, 2.24) is 4.90 Å². The highest BCUT2D eigenvalue weighted by atomic mass is 16.5. The first-order valence-corrected chi connectivity index (χ1v) is 7.45. The second kappa shape index (κ2) is 7.21. The summed E-state index contributed by atoms with van der Waals surface area (Å²) in [5, 5.41) is 0. The summed E-state index contributed by atoms with van der Waals surface area (Å²) in [4.78, 5) is 25.7. The Hall–Kier alpha value is -2.76. The molecule has 2 aromatic rings. The van der Waals surface area contributed by atoms with Gasteiger partial charge in [0.05, 0.1) is 20.8 Å². The molecule has 2 rings (SSSR count). The highest BCUT2D eigenvalue weighted by Crippen LogP contribution is 2.21. The second-order valence-corrected chi connectivity index (χ2v) is 5.52. The molecule has 1 heterocycles. The average molecular weight is 331 g/mol. The Labute approximate surface area is 141 Å². The number of amides is 1. The second-order valence-electron chi connectivity index (χ2n) is 5.52. The highest BCUT2D eigenvalue weighted by Gasteiger charge is 2.19. The first kappa shape index (κ1) is 17.6. The fourth-order valence-corrected chi connectivity index (χ4v) is 2.41. The van der Waals surface area contributed by atoms with Crippen LogP contribution >= 0.6 is 0 Å². The highest BCUT2D eigenvalue weighted by molar-refractivity contribution is 5.94. The SMILES string of the molecule is COC(=O)c1cc(CN(C)C(=O)c2ccc(C)c(OC)c2)oc1C. The first-order chi connectivity index (χ1) is 11.4. The van der Waals surface area contributed by atoms with Crippen molar-refractivity contribution >= 4 is 11.9 Å². The van der Waals surface area contributed by atoms with Gasteiger partial charge in [0.25, 0.3) is 5.91 Å². The van der Waals surface area contributed by atoms with Gasteiger partial charge in [-0.3, -0.25) is 4.79 Å². The lowest BCUT2D eigenvalue weighted by atomic mass is 10.1. The molecule has 0 bridgehead atoms. The average Bonchev–Trinajstić information content (AvgIpc) is 2.94. The molecule has 6 heteroatoms. The number of hydrogen-bond acceptors (Lipinski definition) is 5. The number of methoxy groups -OCH3 is 2. The van der Waals surface area contributed by atoms with E-state index in [0.29, 0.717) is 28.4 Å². The number of ether oxygens (including phenoxy) is 2. The molecule has 128 valence electrons. The van der Waals surface area contributed by atoms with Crippen molar-refractivity contribution in [2.45, 2.75) is 20.4 Å². The molecular weight excluding hydrogens is 310 g/mol. The van der Waals surface area contributed by atoms with Gasteiger partial charge in [-0.2, -0.15) is 0 Å². The van der Waals surface area contributed by atoms with Crippen molar-refractivity contribution in [2.75, 3.05) is 21.3 Å². The zero-order valence-corrected chi connectivity index (χ0v) is 14.5. The molecule has 0 saturated heterocycles. The molecule has 0 N–H and O–H groups in total. The minimum Gasteiger partial charge on any atom is -0.496 e. The molecule has 0 spiro atoms. The summed E-state index contributed by atoms with van der Waals surface area (Å²) >= 11 is 0. The van der Waals surface area contributed by atoms with E-state index < -0.39 is 5.97 Å². The van der Waals surface area contributed by atoms with Crippen LogP contribution < -0.4 is 4.74 Å². The van der Waals surface area contributed by atoms with Crippen molar-refractivity contribution < 1.29 is 23.5 Å². The van der Waals surface area contributed by atoms with Gasteiger partial charge in [0, 0.05) is 12.6 Å². The van der Waals surface area contributed by atoms with Crippen LogP contribution in [0.25, 0.3) is 0 Å². The smallest absolute Gasteiger partial charge is 0.341 e. The normalized spacial score (nSPS) is 10.4. The number of carbonyl (C=O) groups is 2. The topological polar surface area (TPSA) is 69.0 Å². The van der Waals surface area contributed by atoms with Crippen LogP contribution in [0.5, 0.6) is 5.75 Å². The summed E-state index contributed by atoms with van der Waals surface area (Å²) in [5.41, 5.74) is 1.85. The van der Waals surface area contributed by atoms with Crippen LogP contribution in [0.4, 0.5) is 0 Å². The van der Waals surface area contributed by atoms with Gasteiger partial charge >= 0.3 is 5.97 Å². The maximum absolute atomic E-state index is 12.5. The summed E-state index contributed by atoms with van der Waals surface area (Å²) in [6, 6.07) is 6.90. The van der Waals surface area contributed by atoms with Crippen molar-refractivity contribution in [3.05, 3.63) is 52.5 Å². The number of furan rings is 1. The molecule has 1 aromatic carbocycles. The van der Waals surface area contributed by atoms with Crippen LogP contribution in [0.2, 0.25) is 0 Å². The van der Waals surface area contributed by atoms with E-state index in [4.69, 9.17) is 13.9 Å². The van der Waals surface area contributed by atoms with E-state index in [2.05, 4.69) is 0 Å². The molecule has 0 aliphatic carbocycles. The number of nitrogens with zero attached hydrogens (tertiary/aromatic N) is 1. The van der Waals surface area contributed by atoms with Crippen LogP contribution in [-0.4, -0.2) is 38.0 Å². The predicted molar refractivity (Wildman–Crippen MR) is 88.3 cm³/mol. The number of carbonyl (C=O) groups excluding carboxylic acids is 2. The molecule has 1 amide bonds. The Kier molecular flexibility index (Phi) is 5.28. The standard InChI is InChI=1S/C18H21NO5/c1-11-6-7-13(8-16(11)22-4)17(20)19(3)10-14-9-15(12(2)24-14)18(21)23-5/h6-9H,10H2,1-5H3. The Morgan fingerprint density at radius 1 is 1.17 bits per heavy atom. The number of rotatable bonds is 5. The third-order valence-electron chi connectivity index (χ3n) is 3.77. The van der Waals surface area contributed by atoms with Gasteiger partial charge in [-0.1, -0.05) is 6.07 Å². The lowest BCUT2D eigenvalue weighted by molar-refractivity contribution is 0.0598. The molecule has 1 aromatic heterocycles. The fraction of sp³-hybridized carbons (Fsp3) is 0.333. The Morgan fingerprint density at radius 3 is 2.50 bits per heavy atom. The summed E-state index contributed by atoms with van der Waals surface area (Å²) in [7, 11) is 4.56. The number of aryl methyl sites for hydroxylation is 2. The van der Waals surface area contributed by atoms with E-state index in [9.17, 15) is 9.59 Å². The number of benzene rings is 1. The lowest BCUT2D eigenvalue weighted by Gasteiger charge is -2.16. The van der Waals surface area contributed by atoms with E-state index in [1.807, 2.05) is 13.0 Å². The van der Waals surface area contributed by atoms with Gasteiger partial charge in [-0.25, -0.2) is 4.79 Å². The monoisotopic (exact) mass is 331 g/mol. The predicted octanol–water partition coefficient (Wildman–Crippen LogP) is 2.96. The van der Waals surface area contributed by atoms with Gasteiger partial charge in [-0.05, 0) is 37.6 Å². The molecule has 6 nitrogen and oxygen atoms in total. The van der Waals surface area contributed by atoms with E-state index in [1.54, 1.807) is 39.3 Å². The lowest BCUT2D eigenvalue weighted by Crippen LogP contribution is -2.26. The van der Waals surface area contributed by atoms with Crippen molar-refractivity contribution in [2.24, 2.45) is 0 Å². The van der Waals surface area contributed by atoms with Crippen LogP contribution in [0.3, 0.4) is 0 Å². The van der Waals surface area contributed by atoms with E-state index in [-0.39, 0.29) is 12.5 Å². The number of esters is 1. The van der Waals surface area contributed by atoms with Gasteiger partial charge < -0.3 is 18.8 Å². The summed E-state index contributed by atoms with van der Waals surface area (Å²) in [5.74, 6) is 1.02. The van der Waals surface area contributed by atoms with E-state index >= 15 is 0 Å². The molecular formula is C18H21NO5. The van der Waals surface area contributed by atoms with Crippen LogP contribution in [0, 0.1) is 13.8 Å². The Bertz CT molecular complexity index is 763. The maximum Gasteiger partial charge on any atom is 0.341 e. The minimum absolute atomic E-state index is 0.165. The van der Waals surface area contributed by atoms with Gasteiger partial charge in [0.15, 0.2) is 0 Å². The summed E-state index contributed by atoms with van der Waals surface area (Å²) in [6.45, 7) is 3.84. The van der Waals surface area contributed by atoms with E-state index in [1.165, 1.54) is 12.0 Å². The fourth-order valence-electron chi connectivity index (χ4n) is 2.41. The third-order valence-corrected chi connectivity index (χ3v) is 3.77. The Morgan fingerprint density at radius 2 is 1.88 bits per heavy atom. The Balaban J connectivity index is 2.16. The van der Waals surface area contributed by atoms with Gasteiger partial charge in [-0.15, -0.1) is 0 Å². The maximum atomic E-state index is 12.5. The zero-order chi connectivity index (χ0) is 17.9. The quantitative estimate of drug-likeness (QED) is 0.788. The first-order valence-electron chi connectivity index (χ1n) is 7.45. The molecule has 0 atom stereocenters. The van der Waals surface area contributed by atoms with E-state index in [0.717, 1.165) is 5.56 Å². The van der Waals surface area contributed by atoms with Crippen molar-refractivity contribution in [3.8, 4) is 5.75 Å².